The maximum absolute atomic E-state index is 5.81. The SMILES string of the molecule is CN(c1ccc(Cl)cc1)C1CNC1. The fraction of sp³-hybridized carbons (Fsp3) is 0.400. The molecular formula is C10H13ClN2. The first-order valence-corrected chi connectivity index (χ1v) is 4.84. The number of anilines is 1. The zero-order valence-corrected chi connectivity index (χ0v) is 8.38. The van der Waals surface area contributed by atoms with E-state index in [9.17, 15) is 0 Å². The molecule has 1 saturated heterocycles. The van der Waals surface area contributed by atoms with Crippen LogP contribution < -0.4 is 10.2 Å². The van der Waals surface area contributed by atoms with Crippen LogP contribution in [0.15, 0.2) is 24.3 Å². The summed E-state index contributed by atoms with van der Waals surface area (Å²) in [6, 6.07) is 8.61. The lowest BCUT2D eigenvalue weighted by Gasteiger charge is -2.37. The van der Waals surface area contributed by atoms with E-state index in [1.54, 1.807) is 0 Å². The highest BCUT2D eigenvalue weighted by molar-refractivity contribution is 6.30. The lowest BCUT2D eigenvalue weighted by atomic mass is 10.1. The van der Waals surface area contributed by atoms with Crippen LogP contribution in [-0.4, -0.2) is 26.2 Å². The van der Waals surface area contributed by atoms with Gasteiger partial charge in [0.1, 0.15) is 0 Å². The second kappa shape index (κ2) is 3.56. The van der Waals surface area contributed by atoms with Crippen LogP contribution in [0.1, 0.15) is 0 Å². The smallest absolute Gasteiger partial charge is 0.0535 e. The molecule has 1 aliphatic heterocycles. The van der Waals surface area contributed by atoms with Crippen molar-refractivity contribution in [1.82, 2.24) is 5.32 Å². The largest absolute Gasteiger partial charge is 0.369 e. The van der Waals surface area contributed by atoms with Crippen molar-refractivity contribution < 1.29 is 0 Å². The van der Waals surface area contributed by atoms with Gasteiger partial charge in [0.25, 0.3) is 0 Å². The van der Waals surface area contributed by atoms with Gasteiger partial charge in [-0.15, -0.1) is 0 Å². The van der Waals surface area contributed by atoms with Gasteiger partial charge in [-0.1, -0.05) is 11.6 Å². The molecule has 0 saturated carbocycles. The summed E-state index contributed by atoms with van der Waals surface area (Å²) in [5.74, 6) is 0. The summed E-state index contributed by atoms with van der Waals surface area (Å²) in [4.78, 5) is 2.28. The highest BCUT2D eigenvalue weighted by Gasteiger charge is 2.21. The van der Waals surface area contributed by atoms with E-state index in [2.05, 4.69) is 29.4 Å². The zero-order valence-electron chi connectivity index (χ0n) is 7.63. The molecule has 1 aromatic rings. The number of hydrogen-bond acceptors (Lipinski definition) is 2. The van der Waals surface area contributed by atoms with Crippen LogP contribution in [0.5, 0.6) is 0 Å². The minimum atomic E-state index is 0.640. The van der Waals surface area contributed by atoms with Crippen LogP contribution in [0, 0.1) is 0 Å². The average molecular weight is 197 g/mol. The summed E-state index contributed by atoms with van der Waals surface area (Å²) in [7, 11) is 2.12. The summed E-state index contributed by atoms with van der Waals surface area (Å²) in [6.07, 6.45) is 0. The third-order valence-corrected chi connectivity index (χ3v) is 2.79. The van der Waals surface area contributed by atoms with Crippen LogP contribution in [0.25, 0.3) is 0 Å². The maximum atomic E-state index is 5.81. The van der Waals surface area contributed by atoms with E-state index in [0.29, 0.717) is 6.04 Å². The first-order valence-electron chi connectivity index (χ1n) is 4.46. The Kier molecular flexibility index (Phi) is 2.42. The molecule has 0 atom stereocenters. The van der Waals surface area contributed by atoms with E-state index in [1.807, 2.05) is 12.1 Å². The molecule has 1 heterocycles. The molecule has 0 aliphatic carbocycles. The van der Waals surface area contributed by atoms with Crippen LogP contribution in [0.2, 0.25) is 5.02 Å². The van der Waals surface area contributed by atoms with Crippen LogP contribution in [0.4, 0.5) is 5.69 Å². The van der Waals surface area contributed by atoms with Crippen molar-refractivity contribution in [2.75, 3.05) is 25.0 Å². The van der Waals surface area contributed by atoms with Crippen molar-refractivity contribution in [2.24, 2.45) is 0 Å². The molecule has 2 nitrogen and oxygen atoms in total. The monoisotopic (exact) mass is 196 g/mol. The highest BCUT2D eigenvalue weighted by atomic mass is 35.5. The summed E-state index contributed by atoms with van der Waals surface area (Å²) >= 11 is 5.81. The molecule has 1 aliphatic rings. The van der Waals surface area contributed by atoms with Gasteiger partial charge in [0, 0.05) is 30.8 Å². The molecule has 1 aromatic carbocycles. The molecule has 2 rings (SSSR count). The summed E-state index contributed by atoms with van der Waals surface area (Å²) in [5.41, 5.74) is 1.23. The van der Waals surface area contributed by atoms with Gasteiger partial charge < -0.3 is 10.2 Å². The van der Waals surface area contributed by atoms with Gasteiger partial charge in [-0.3, -0.25) is 0 Å². The van der Waals surface area contributed by atoms with Crippen molar-refractivity contribution in [1.29, 1.82) is 0 Å². The summed E-state index contributed by atoms with van der Waals surface area (Å²) in [6.45, 7) is 2.16. The van der Waals surface area contributed by atoms with E-state index in [-0.39, 0.29) is 0 Å². The third kappa shape index (κ3) is 1.79. The van der Waals surface area contributed by atoms with Crippen LogP contribution in [-0.2, 0) is 0 Å². The number of nitrogens with zero attached hydrogens (tertiary/aromatic N) is 1. The van der Waals surface area contributed by atoms with Gasteiger partial charge in [0.15, 0.2) is 0 Å². The fourth-order valence-electron chi connectivity index (χ4n) is 1.43. The molecule has 13 heavy (non-hydrogen) atoms. The quantitative estimate of drug-likeness (QED) is 0.776. The molecular weight excluding hydrogens is 184 g/mol. The zero-order chi connectivity index (χ0) is 9.26. The minimum absolute atomic E-state index is 0.640. The highest BCUT2D eigenvalue weighted by Crippen LogP contribution is 2.19. The summed E-state index contributed by atoms with van der Waals surface area (Å²) in [5, 5.41) is 4.05. The van der Waals surface area contributed by atoms with Gasteiger partial charge >= 0.3 is 0 Å². The first kappa shape index (κ1) is 8.85. The standard InChI is InChI=1S/C10H13ClN2/c1-13(10-6-12-7-10)9-4-2-8(11)3-5-9/h2-5,10,12H,6-7H2,1H3. The van der Waals surface area contributed by atoms with E-state index in [1.165, 1.54) is 5.69 Å². The second-order valence-electron chi connectivity index (χ2n) is 3.40. The van der Waals surface area contributed by atoms with E-state index < -0.39 is 0 Å². The Morgan fingerprint density at radius 2 is 1.92 bits per heavy atom. The van der Waals surface area contributed by atoms with Gasteiger partial charge in [-0.25, -0.2) is 0 Å². The third-order valence-electron chi connectivity index (χ3n) is 2.54. The molecule has 1 fully saturated rings. The normalized spacial score (nSPS) is 16.8. The average Bonchev–Trinajstić information content (AvgIpc) is 2.02. The fourth-order valence-corrected chi connectivity index (χ4v) is 1.56. The molecule has 1 N–H and O–H groups in total. The molecule has 0 amide bonds. The Bertz CT molecular complexity index is 279. The number of rotatable bonds is 2. The second-order valence-corrected chi connectivity index (χ2v) is 3.84. The van der Waals surface area contributed by atoms with E-state index in [0.717, 1.165) is 18.1 Å². The number of benzene rings is 1. The first-order chi connectivity index (χ1) is 6.27. The number of hydrogen-bond donors (Lipinski definition) is 1. The van der Waals surface area contributed by atoms with Gasteiger partial charge in [-0.05, 0) is 24.3 Å². The van der Waals surface area contributed by atoms with Crippen molar-refractivity contribution in [3.05, 3.63) is 29.3 Å². The molecule has 0 bridgehead atoms. The Labute approximate surface area is 83.5 Å². The Morgan fingerprint density at radius 3 is 2.38 bits per heavy atom. The molecule has 70 valence electrons. The van der Waals surface area contributed by atoms with Gasteiger partial charge in [0.05, 0.1) is 6.04 Å². The molecule has 0 aromatic heterocycles. The lowest BCUT2D eigenvalue weighted by molar-refractivity contribution is 0.429. The van der Waals surface area contributed by atoms with Crippen LogP contribution >= 0.6 is 11.6 Å². The minimum Gasteiger partial charge on any atom is -0.369 e. The number of halogens is 1. The van der Waals surface area contributed by atoms with Crippen molar-refractivity contribution in [3.8, 4) is 0 Å². The predicted octanol–water partition coefficient (Wildman–Crippen LogP) is 1.75. The Morgan fingerprint density at radius 1 is 1.31 bits per heavy atom. The van der Waals surface area contributed by atoms with Crippen molar-refractivity contribution in [3.63, 3.8) is 0 Å². The predicted molar refractivity (Wildman–Crippen MR) is 56.5 cm³/mol. The molecule has 3 heteroatoms. The summed E-state index contributed by atoms with van der Waals surface area (Å²) < 4.78 is 0. The molecule has 0 spiro atoms. The topological polar surface area (TPSA) is 15.3 Å². The van der Waals surface area contributed by atoms with E-state index >= 15 is 0 Å². The van der Waals surface area contributed by atoms with Crippen molar-refractivity contribution in [2.45, 2.75) is 6.04 Å². The van der Waals surface area contributed by atoms with Crippen LogP contribution in [0.3, 0.4) is 0 Å². The van der Waals surface area contributed by atoms with Gasteiger partial charge in [-0.2, -0.15) is 0 Å². The lowest BCUT2D eigenvalue weighted by Crippen LogP contribution is -2.56. The molecule has 0 radical (unpaired) electrons. The maximum Gasteiger partial charge on any atom is 0.0535 e. The van der Waals surface area contributed by atoms with Crippen molar-refractivity contribution >= 4 is 17.3 Å². The number of likely N-dealkylation sites (N-methyl/N-ethyl adjacent to an activating group) is 1. The Balaban J connectivity index is 2.10. The van der Waals surface area contributed by atoms with E-state index in [4.69, 9.17) is 11.6 Å². The Hall–Kier alpha value is -0.730. The number of nitrogens with one attached hydrogen (secondary N) is 1. The van der Waals surface area contributed by atoms with Gasteiger partial charge in [0.2, 0.25) is 0 Å². The molecule has 0 unspecified atom stereocenters.